The zero-order valence-corrected chi connectivity index (χ0v) is 12.8. The van der Waals surface area contributed by atoms with Gasteiger partial charge in [-0.1, -0.05) is 30.3 Å². The molecule has 0 spiro atoms. The van der Waals surface area contributed by atoms with Crippen LogP contribution in [-0.4, -0.2) is 11.8 Å². The summed E-state index contributed by atoms with van der Waals surface area (Å²) in [6.45, 7) is 0.400. The van der Waals surface area contributed by atoms with E-state index in [9.17, 15) is 18.4 Å². The Morgan fingerprint density at radius 3 is 2.42 bits per heavy atom. The van der Waals surface area contributed by atoms with Gasteiger partial charge < -0.3 is 10.6 Å². The van der Waals surface area contributed by atoms with Crippen molar-refractivity contribution in [3.05, 3.63) is 65.7 Å². The van der Waals surface area contributed by atoms with Crippen LogP contribution in [0.5, 0.6) is 0 Å². The predicted octanol–water partition coefficient (Wildman–Crippen LogP) is 2.86. The Balaban J connectivity index is 1.51. The second-order valence-corrected chi connectivity index (χ2v) is 5.77. The van der Waals surface area contributed by atoms with Crippen molar-refractivity contribution in [1.29, 1.82) is 0 Å². The number of anilines is 1. The summed E-state index contributed by atoms with van der Waals surface area (Å²) < 4.78 is 26.4. The van der Waals surface area contributed by atoms with Crippen molar-refractivity contribution in [3.63, 3.8) is 0 Å². The molecule has 24 heavy (non-hydrogen) atoms. The molecule has 0 radical (unpaired) electrons. The zero-order valence-electron chi connectivity index (χ0n) is 12.8. The summed E-state index contributed by atoms with van der Waals surface area (Å²) in [4.78, 5) is 24.1. The maximum atomic E-state index is 13.5. The van der Waals surface area contributed by atoms with E-state index in [0.717, 1.165) is 17.7 Å². The Bertz CT molecular complexity index is 765. The standard InChI is InChI=1S/C18H16F2N2O2/c19-12-6-7-16(15(20)8-12)22-18(24)14-9-13(14)17(23)21-10-11-4-2-1-3-5-11/h1-8,13-14H,9-10H2,(H,21,23)(H,22,24). The number of hydrogen-bond acceptors (Lipinski definition) is 2. The molecule has 2 aromatic carbocycles. The molecular weight excluding hydrogens is 314 g/mol. The monoisotopic (exact) mass is 330 g/mol. The van der Waals surface area contributed by atoms with Gasteiger partial charge in [0.15, 0.2) is 0 Å². The normalized spacial score (nSPS) is 18.8. The first-order valence-corrected chi connectivity index (χ1v) is 7.62. The number of amides is 2. The van der Waals surface area contributed by atoms with Crippen LogP contribution in [0.25, 0.3) is 0 Å². The van der Waals surface area contributed by atoms with E-state index in [4.69, 9.17) is 0 Å². The molecule has 1 saturated carbocycles. The summed E-state index contributed by atoms with van der Waals surface area (Å²) in [7, 11) is 0. The molecule has 1 aliphatic carbocycles. The second-order valence-electron chi connectivity index (χ2n) is 5.77. The van der Waals surface area contributed by atoms with Crippen LogP contribution >= 0.6 is 0 Å². The highest BCUT2D eigenvalue weighted by atomic mass is 19.1. The molecule has 3 rings (SSSR count). The number of halogens is 2. The SMILES string of the molecule is O=C(NCc1ccccc1)C1CC1C(=O)Nc1ccc(F)cc1F. The minimum Gasteiger partial charge on any atom is -0.352 e. The largest absolute Gasteiger partial charge is 0.352 e. The van der Waals surface area contributed by atoms with E-state index >= 15 is 0 Å². The molecule has 2 atom stereocenters. The minimum absolute atomic E-state index is 0.0863. The molecule has 124 valence electrons. The maximum Gasteiger partial charge on any atom is 0.228 e. The van der Waals surface area contributed by atoms with Crippen LogP contribution in [0.4, 0.5) is 14.5 Å². The molecule has 2 aromatic rings. The van der Waals surface area contributed by atoms with Crippen molar-refractivity contribution in [3.8, 4) is 0 Å². The van der Waals surface area contributed by atoms with Gasteiger partial charge in [-0.05, 0) is 24.1 Å². The van der Waals surface area contributed by atoms with Crippen LogP contribution in [0.2, 0.25) is 0 Å². The van der Waals surface area contributed by atoms with Gasteiger partial charge in [-0.2, -0.15) is 0 Å². The summed E-state index contributed by atoms with van der Waals surface area (Å²) in [5.74, 6) is -3.06. The number of hydrogen-bond donors (Lipinski definition) is 2. The number of nitrogens with one attached hydrogen (secondary N) is 2. The lowest BCUT2D eigenvalue weighted by Gasteiger charge is -2.07. The van der Waals surface area contributed by atoms with E-state index in [1.54, 1.807) is 0 Å². The number of rotatable bonds is 5. The van der Waals surface area contributed by atoms with Gasteiger partial charge in [0, 0.05) is 12.6 Å². The molecule has 0 aromatic heterocycles. The van der Waals surface area contributed by atoms with Crippen molar-refractivity contribution in [2.24, 2.45) is 11.8 Å². The molecule has 2 amide bonds. The fourth-order valence-corrected chi connectivity index (χ4v) is 2.51. The zero-order chi connectivity index (χ0) is 17.1. The van der Waals surface area contributed by atoms with Crippen LogP contribution in [0.3, 0.4) is 0 Å². The molecule has 2 N–H and O–H groups in total. The van der Waals surface area contributed by atoms with E-state index in [0.29, 0.717) is 19.0 Å². The summed E-state index contributed by atoms with van der Waals surface area (Å²) in [6.07, 6.45) is 0.426. The molecular formula is C18H16F2N2O2. The van der Waals surface area contributed by atoms with Crippen molar-refractivity contribution in [2.75, 3.05) is 5.32 Å². The maximum absolute atomic E-state index is 13.5. The smallest absolute Gasteiger partial charge is 0.228 e. The molecule has 0 bridgehead atoms. The Labute approximate surface area is 137 Å². The van der Waals surface area contributed by atoms with Gasteiger partial charge >= 0.3 is 0 Å². The highest BCUT2D eigenvalue weighted by molar-refractivity contribution is 5.99. The van der Waals surface area contributed by atoms with E-state index < -0.39 is 29.4 Å². The highest BCUT2D eigenvalue weighted by Gasteiger charge is 2.48. The van der Waals surface area contributed by atoms with Crippen LogP contribution in [0.1, 0.15) is 12.0 Å². The Morgan fingerprint density at radius 1 is 1.00 bits per heavy atom. The van der Waals surface area contributed by atoms with E-state index in [2.05, 4.69) is 10.6 Å². The third-order valence-electron chi connectivity index (χ3n) is 3.96. The third kappa shape index (κ3) is 3.76. The van der Waals surface area contributed by atoms with Crippen molar-refractivity contribution in [1.82, 2.24) is 5.32 Å². The van der Waals surface area contributed by atoms with Crippen molar-refractivity contribution in [2.45, 2.75) is 13.0 Å². The topological polar surface area (TPSA) is 58.2 Å². The molecule has 0 aliphatic heterocycles. The first-order valence-electron chi connectivity index (χ1n) is 7.62. The van der Waals surface area contributed by atoms with Crippen molar-refractivity contribution < 1.29 is 18.4 Å². The quantitative estimate of drug-likeness (QED) is 0.886. The van der Waals surface area contributed by atoms with Gasteiger partial charge in [0.05, 0.1) is 17.5 Å². The van der Waals surface area contributed by atoms with Crippen LogP contribution in [0.15, 0.2) is 48.5 Å². The number of carbonyl (C=O) groups excluding carboxylic acids is 2. The molecule has 2 unspecified atom stereocenters. The van der Waals surface area contributed by atoms with Gasteiger partial charge in [0.2, 0.25) is 11.8 Å². The fraction of sp³-hybridized carbons (Fsp3) is 0.222. The molecule has 4 nitrogen and oxygen atoms in total. The Hall–Kier alpha value is -2.76. The third-order valence-corrected chi connectivity index (χ3v) is 3.96. The minimum atomic E-state index is -0.839. The van der Waals surface area contributed by atoms with E-state index in [1.807, 2.05) is 30.3 Å². The van der Waals surface area contributed by atoms with Crippen LogP contribution in [0, 0.1) is 23.5 Å². The van der Waals surface area contributed by atoms with Crippen LogP contribution in [-0.2, 0) is 16.1 Å². The first-order chi connectivity index (χ1) is 11.5. The van der Waals surface area contributed by atoms with Gasteiger partial charge in [-0.15, -0.1) is 0 Å². The van der Waals surface area contributed by atoms with Gasteiger partial charge in [0.25, 0.3) is 0 Å². The van der Waals surface area contributed by atoms with Gasteiger partial charge in [0.1, 0.15) is 11.6 Å². The van der Waals surface area contributed by atoms with Crippen LogP contribution < -0.4 is 10.6 Å². The lowest BCUT2D eigenvalue weighted by atomic mass is 10.2. The first kappa shape index (κ1) is 16.1. The summed E-state index contributed by atoms with van der Waals surface area (Å²) >= 11 is 0. The average molecular weight is 330 g/mol. The second kappa shape index (κ2) is 6.78. The van der Waals surface area contributed by atoms with Gasteiger partial charge in [-0.3, -0.25) is 9.59 Å². The lowest BCUT2D eigenvalue weighted by Crippen LogP contribution is -2.27. The van der Waals surface area contributed by atoms with E-state index in [-0.39, 0.29) is 11.6 Å². The highest BCUT2D eigenvalue weighted by Crippen LogP contribution is 2.39. The average Bonchev–Trinajstić information content (AvgIpc) is 3.37. The van der Waals surface area contributed by atoms with Gasteiger partial charge in [-0.25, -0.2) is 8.78 Å². The Morgan fingerprint density at radius 2 is 1.71 bits per heavy atom. The predicted molar refractivity (Wildman–Crippen MR) is 84.9 cm³/mol. The molecule has 6 heteroatoms. The number of carbonyl (C=O) groups is 2. The molecule has 1 aliphatic rings. The fourth-order valence-electron chi connectivity index (χ4n) is 2.51. The molecule has 1 fully saturated rings. The molecule has 0 heterocycles. The summed E-state index contributed by atoms with van der Waals surface area (Å²) in [5, 5.41) is 5.18. The summed E-state index contributed by atoms with van der Waals surface area (Å²) in [6, 6.07) is 12.4. The van der Waals surface area contributed by atoms with Crippen molar-refractivity contribution >= 4 is 17.5 Å². The lowest BCUT2D eigenvalue weighted by molar-refractivity contribution is -0.125. The summed E-state index contributed by atoms with van der Waals surface area (Å²) in [5.41, 5.74) is 0.887. The Kier molecular flexibility index (Phi) is 4.55. The molecule has 0 saturated heterocycles. The van der Waals surface area contributed by atoms with E-state index in [1.165, 1.54) is 0 Å². The number of benzene rings is 2.